The third-order valence-corrected chi connectivity index (χ3v) is 2.56. The molecule has 0 aliphatic heterocycles. The maximum absolute atomic E-state index is 12.2. The van der Waals surface area contributed by atoms with Crippen molar-refractivity contribution in [2.75, 3.05) is 6.54 Å². The van der Waals surface area contributed by atoms with Gasteiger partial charge in [-0.15, -0.1) is 0 Å². The van der Waals surface area contributed by atoms with E-state index in [0.717, 1.165) is 0 Å². The fraction of sp³-hybridized carbons (Fsp3) is 0.333. The van der Waals surface area contributed by atoms with E-state index in [1.54, 1.807) is 0 Å². The van der Waals surface area contributed by atoms with Gasteiger partial charge in [0.2, 0.25) is 0 Å². The highest BCUT2D eigenvalue weighted by atomic mass is 32.1. The Morgan fingerprint density at radius 3 is 2.44 bits per heavy atom. The highest BCUT2D eigenvalue weighted by Gasteiger charge is 2.20. The molecule has 1 aromatic rings. The predicted molar refractivity (Wildman–Crippen MR) is 72.7 cm³/mol. The second-order valence-corrected chi connectivity index (χ2v) is 4.72. The number of hydrogen-bond acceptors (Lipinski definition) is 4. The summed E-state index contributed by atoms with van der Waals surface area (Å²) in [6.07, 6.45) is 0. The first-order chi connectivity index (χ1) is 8.32. The highest BCUT2D eigenvalue weighted by molar-refractivity contribution is 7.80. The lowest BCUT2D eigenvalue weighted by atomic mass is 10.1. The number of amides is 1. The van der Waals surface area contributed by atoms with Crippen LogP contribution in [-0.4, -0.2) is 38.6 Å². The largest absolute Gasteiger partial charge is 0.504 e. The zero-order valence-electron chi connectivity index (χ0n) is 10.3. The maximum Gasteiger partial charge on any atom is 0.254 e. The molecule has 0 aromatic heterocycles. The van der Waals surface area contributed by atoms with Gasteiger partial charge in [0.25, 0.3) is 5.91 Å². The number of nitrogens with two attached hydrogens (primary N) is 1. The number of benzene rings is 1. The number of thiocarbonyl (C=S) groups is 1. The number of carbonyl (C=O) groups is 1. The maximum atomic E-state index is 12.2. The standard InChI is InChI=1S/C12H16N2O3S/c1-7(2)14(6-11(13)18)12(17)8-3-4-9(15)10(16)5-8/h3-5,7,15-16H,6H2,1-2H3,(H2,13,18). The van der Waals surface area contributed by atoms with Crippen molar-refractivity contribution in [1.29, 1.82) is 0 Å². The van der Waals surface area contributed by atoms with E-state index in [1.807, 2.05) is 13.8 Å². The van der Waals surface area contributed by atoms with E-state index in [2.05, 4.69) is 0 Å². The molecule has 6 heteroatoms. The molecule has 0 aliphatic carbocycles. The summed E-state index contributed by atoms with van der Waals surface area (Å²) in [7, 11) is 0. The van der Waals surface area contributed by atoms with Crippen LogP contribution in [0, 0.1) is 0 Å². The Kier molecular flexibility index (Phi) is 4.49. The molecule has 0 fully saturated rings. The summed E-state index contributed by atoms with van der Waals surface area (Å²) in [5, 5.41) is 18.6. The van der Waals surface area contributed by atoms with Crippen LogP contribution < -0.4 is 5.73 Å². The lowest BCUT2D eigenvalue weighted by Crippen LogP contribution is -2.42. The summed E-state index contributed by atoms with van der Waals surface area (Å²) in [6, 6.07) is 3.84. The van der Waals surface area contributed by atoms with Crippen LogP contribution in [0.5, 0.6) is 11.5 Å². The quantitative estimate of drug-likeness (QED) is 0.565. The van der Waals surface area contributed by atoms with Crippen molar-refractivity contribution in [3.8, 4) is 11.5 Å². The number of hydrogen-bond donors (Lipinski definition) is 3. The highest BCUT2D eigenvalue weighted by Crippen LogP contribution is 2.25. The van der Waals surface area contributed by atoms with Gasteiger partial charge in [-0.3, -0.25) is 4.79 Å². The fourth-order valence-electron chi connectivity index (χ4n) is 1.48. The van der Waals surface area contributed by atoms with Crippen LogP contribution in [0.25, 0.3) is 0 Å². The van der Waals surface area contributed by atoms with Crippen molar-refractivity contribution in [3.63, 3.8) is 0 Å². The minimum Gasteiger partial charge on any atom is -0.504 e. The van der Waals surface area contributed by atoms with Gasteiger partial charge in [-0.2, -0.15) is 0 Å². The molecule has 0 bridgehead atoms. The molecule has 0 heterocycles. The number of nitrogens with zero attached hydrogens (tertiary/aromatic N) is 1. The van der Waals surface area contributed by atoms with Gasteiger partial charge >= 0.3 is 0 Å². The Balaban J connectivity index is 3.02. The number of phenolic OH excluding ortho intramolecular Hbond substituents is 2. The molecule has 1 rings (SSSR count). The van der Waals surface area contributed by atoms with Crippen LogP contribution >= 0.6 is 12.2 Å². The molecule has 0 radical (unpaired) electrons. The molecule has 1 amide bonds. The van der Waals surface area contributed by atoms with Crippen molar-refractivity contribution in [2.24, 2.45) is 5.73 Å². The van der Waals surface area contributed by atoms with Crippen LogP contribution in [0.4, 0.5) is 0 Å². The van der Waals surface area contributed by atoms with E-state index < -0.39 is 0 Å². The molecule has 18 heavy (non-hydrogen) atoms. The molecule has 0 saturated carbocycles. The Morgan fingerprint density at radius 1 is 1.39 bits per heavy atom. The minimum absolute atomic E-state index is 0.0741. The van der Waals surface area contributed by atoms with Crippen LogP contribution in [0.1, 0.15) is 24.2 Å². The van der Waals surface area contributed by atoms with E-state index in [1.165, 1.54) is 23.1 Å². The normalized spacial score (nSPS) is 10.4. The zero-order valence-corrected chi connectivity index (χ0v) is 11.1. The SMILES string of the molecule is CC(C)N(CC(N)=S)C(=O)c1ccc(O)c(O)c1. The van der Waals surface area contributed by atoms with E-state index in [9.17, 15) is 15.0 Å². The van der Waals surface area contributed by atoms with E-state index >= 15 is 0 Å². The van der Waals surface area contributed by atoms with Crippen molar-refractivity contribution in [2.45, 2.75) is 19.9 Å². The average Bonchev–Trinajstić information content (AvgIpc) is 2.28. The summed E-state index contributed by atoms with van der Waals surface area (Å²) in [6.45, 7) is 3.86. The van der Waals surface area contributed by atoms with Crippen LogP contribution in [-0.2, 0) is 0 Å². The van der Waals surface area contributed by atoms with Crippen LogP contribution in [0.3, 0.4) is 0 Å². The first-order valence-corrected chi connectivity index (χ1v) is 5.85. The smallest absolute Gasteiger partial charge is 0.254 e. The van der Waals surface area contributed by atoms with Crippen LogP contribution in [0.2, 0.25) is 0 Å². The number of carbonyl (C=O) groups excluding carboxylic acids is 1. The van der Waals surface area contributed by atoms with Crippen molar-refractivity contribution < 1.29 is 15.0 Å². The third-order valence-electron chi connectivity index (χ3n) is 2.43. The van der Waals surface area contributed by atoms with Gasteiger partial charge < -0.3 is 20.8 Å². The van der Waals surface area contributed by atoms with Gasteiger partial charge in [0.15, 0.2) is 11.5 Å². The van der Waals surface area contributed by atoms with Gasteiger partial charge in [-0.25, -0.2) is 0 Å². The summed E-state index contributed by atoms with van der Waals surface area (Å²) in [4.78, 5) is 13.9. The molecule has 0 aliphatic rings. The van der Waals surface area contributed by atoms with Crippen LogP contribution in [0.15, 0.2) is 18.2 Å². The molecule has 5 nitrogen and oxygen atoms in total. The Bertz CT molecular complexity index is 474. The molecule has 0 saturated heterocycles. The monoisotopic (exact) mass is 268 g/mol. The van der Waals surface area contributed by atoms with Crippen molar-refractivity contribution >= 4 is 23.1 Å². The number of phenols is 2. The van der Waals surface area contributed by atoms with Crippen molar-refractivity contribution in [3.05, 3.63) is 23.8 Å². The number of rotatable bonds is 4. The second kappa shape index (κ2) is 5.68. The summed E-state index contributed by atoms with van der Waals surface area (Å²) < 4.78 is 0. The second-order valence-electron chi connectivity index (χ2n) is 4.20. The molecule has 0 spiro atoms. The summed E-state index contributed by atoms with van der Waals surface area (Å²) >= 11 is 4.80. The third kappa shape index (κ3) is 3.33. The zero-order chi connectivity index (χ0) is 13.9. The van der Waals surface area contributed by atoms with Gasteiger partial charge in [0.05, 0.1) is 11.5 Å². The average molecular weight is 268 g/mol. The summed E-state index contributed by atoms with van der Waals surface area (Å²) in [5.41, 5.74) is 5.72. The Labute approximate surface area is 111 Å². The molecule has 0 unspecified atom stereocenters. The number of aromatic hydroxyl groups is 2. The molecular formula is C12H16N2O3S. The Hall–Kier alpha value is -1.82. The molecule has 0 atom stereocenters. The van der Waals surface area contributed by atoms with E-state index in [0.29, 0.717) is 0 Å². The lowest BCUT2D eigenvalue weighted by Gasteiger charge is -2.26. The predicted octanol–water partition coefficient (Wildman–Crippen LogP) is 1.23. The topological polar surface area (TPSA) is 86.8 Å². The van der Waals surface area contributed by atoms with Crippen molar-refractivity contribution in [1.82, 2.24) is 4.90 Å². The van der Waals surface area contributed by atoms with E-state index in [4.69, 9.17) is 18.0 Å². The van der Waals surface area contributed by atoms with Gasteiger partial charge in [0, 0.05) is 11.6 Å². The van der Waals surface area contributed by atoms with Gasteiger partial charge in [-0.05, 0) is 32.0 Å². The van der Waals surface area contributed by atoms with E-state index in [-0.39, 0.29) is 40.5 Å². The molecule has 4 N–H and O–H groups in total. The van der Waals surface area contributed by atoms with Gasteiger partial charge in [-0.1, -0.05) is 12.2 Å². The summed E-state index contributed by atoms with van der Waals surface area (Å²) in [5.74, 6) is -0.898. The fourth-order valence-corrected chi connectivity index (χ4v) is 1.62. The van der Waals surface area contributed by atoms with Gasteiger partial charge in [0.1, 0.15) is 0 Å². The molecule has 98 valence electrons. The molecule has 1 aromatic carbocycles. The minimum atomic E-state index is -0.333. The molecular weight excluding hydrogens is 252 g/mol. The lowest BCUT2D eigenvalue weighted by molar-refractivity contribution is 0.0735. The first-order valence-electron chi connectivity index (χ1n) is 5.44. The Morgan fingerprint density at radius 2 is 2.00 bits per heavy atom. The first kappa shape index (κ1) is 14.2.